The molecule has 0 saturated carbocycles. The van der Waals surface area contributed by atoms with Crippen LogP contribution in [0, 0.1) is 5.92 Å². The van der Waals surface area contributed by atoms with Gasteiger partial charge in [0.1, 0.15) is 5.92 Å². The van der Waals surface area contributed by atoms with Crippen molar-refractivity contribution in [3.63, 3.8) is 0 Å². The van der Waals surface area contributed by atoms with Crippen molar-refractivity contribution in [2.24, 2.45) is 11.7 Å². The zero-order valence-electron chi connectivity index (χ0n) is 10.3. The molecule has 0 spiro atoms. The molecule has 17 heavy (non-hydrogen) atoms. The van der Waals surface area contributed by atoms with Crippen molar-refractivity contribution in [3.05, 3.63) is 0 Å². The molecule has 1 heterocycles. The summed E-state index contributed by atoms with van der Waals surface area (Å²) < 4.78 is 5.16. The maximum Gasteiger partial charge on any atom is 0.311 e. The number of likely N-dealkylation sites (N-methyl/N-ethyl adjacent to an activating group) is 1. The smallest absolute Gasteiger partial charge is 0.311 e. The normalized spacial score (nSPS) is 25.6. The van der Waals surface area contributed by atoms with Crippen LogP contribution in [0.5, 0.6) is 0 Å². The largest absolute Gasteiger partial charge is 0.481 e. The molecular weight excluding hydrogens is 224 g/mol. The SMILES string of the molecule is CC[C@@H](N)C(=O)N(CC)C1COCC1C(=O)O. The highest BCUT2D eigenvalue weighted by Gasteiger charge is 2.40. The fourth-order valence-corrected chi connectivity index (χ4v) is 2.03. The molecule has 1 amide bonds. The molecule has 0 aromatic heterocycles. The van der Waals surface area contributed by atoms with Gasteiger partial charge in [-0.2, -0.15) is 0 Å². The van der Waals surface area contributed by atoms with Crippen molar-refractivity contribution < 1.29 is 19.4 Å². The molecule has 1 aliphatic rings. The third kappa shape index (κ3) is 2.95. The van der Waals surface area contributed by atoms with Crippen molar-refractivity contribution >= 4 is 11.9 Å². The minimum absolute atomic E-state index is 0.158. The summed E-state index contributed by atoms with van der Waals surface area (Å²) in [4.78, 5) is 24.6. The van der Waals surface area contributed by atoms with Gasteiger partial charge in [0.15, 0.2) is 0 Å². The number of nitrogens with two attached hydrogens (primary N) is 1. The number of aliphatic carboxylic acids is 1. The molecule has 1 fully saturated rings. The van der Waals surface area contributed by atoms with Gasteiger partial charge in [0.05, 0.1) is 25.3 Å². The third-order valence-electron chi connectivity index (χ3n) is 3.15. The number of ether oxygens (including phenoxy) is 1. The third-order valence-corrected chi connectivity index (χ3v) is 3.15. The molecule has 1 saturated heterocycles. The van der Waals surface area contributed by atoms with Gasteiger partial charge in [0.25, 0.3) is 0 Å². The molecule has 3 N–H and O–H groups in total. The first-order valence-corrected chi connectivity index (χ1v) is 5.89. The molecular formula is C11H20N2O4. The maximum absolute atomic E-state index is 12.0. The van der Waals surface area contributed by atoms with Crippen LogP contribution in [0.3, 0.4) is 0 Å². The van der Waals surface area contributed by atoms with Crippen molar-refractivity contribution in [2.45, 2.75) is 32.4 Å². The summed E-state index contributed by atoms with van der Waals surface area (Å²) in [5.41, 5.74) is 5.70. The Balaban J connectivity index is 2.79. The molecule has 0 radical (unpaired) electrons. The number of carbonyl (C=O) groups is 2. The topological polar surface area (TPSA) is 92.9 Å². The van der Waals surface area contributed by atoms with Gasteiger partial charge < -0.3 is 20.5 Å². The number of hydrogen-bond donors (Lipinski definition) is 2. The molecule has 0 aliphatic carbocycles. The number of amides is 1. The van der Waals surface area contributed by atoms with Gasteiger partial charge in [0.2, 0.25) is 5.91 Å². The van der Waals surface area contributed by atoms with E-state index in [1.807, 2.05) is 13.8 Å². The summed E-state index contributed by atoms with van der Waals surface area (Å²) in [6.45, 7) is 4.52. The lowest BCUT2D eigenvalue weighted by molar-refractivity contribution is -0.145. The van der Waals surface area contributed by atoms with Gasteiger partial charge >= 0.3 is 5.97 Å². The number of carbonyl (C=O) groups excluding carboxylic acids is 1. The Hall–Kier alpha value is -1.14. The van der Waals surface area contributed by atoms with Crippen molar-refractivity contribution in [3.8, 4) is 0 Å². The Kier molecular flexibility index (Phi) is 4.89. The van der Waals surface area contributed by atoms with E-state index in [1.54, 1.807) is 0 Å². The van der Waals surface area contributed by atoms with Crippen LogP contribution in [-0.4, -0.2) is 53.7 Å². The molecule has 6 nitrogen and oxygen atoms in total. The highest BCUT2D eigenvalue weighted by molar-refractivity contribution is 5.83. The quantitative estimate of drug-likeness (QED) is 0.691. The molecule has 0 bridgehead atoms. The summed E-state index contributed by atoms with van der Waals surface area (Å²) >= 11 is 0. The second kappa shape index (κ2) is 5.97. The van der Waals surface area contributed by atoms with E-state index in [0.717, 1.165) is 0 Å². The molecule has 98 valence electrons. The van der Waals surface area contributed by atoms with E-state index in [0.29, 0.717) is 13.0 Å². The van der Waals surface area contributed by atoms with Crippen molar-refractivity contribution in [1.29, 1.82) is 0 Å². The standard InChI is InChI=1S/C11H20N2O4/c1-3-8(12)10(14)13(4-2)9-6-17-5-7(9)11(15)16/h7-9H,3-6,12H2,1-2H3,(H,15,16)/t7?,8-,9?/m1/s1. The average molecular weight is 244 g/mol. The van der Waals surface area contributed by atoms with Gasteiger partial charge in [-0.15, -0.1) is 0 Å². The summed E-state index contributed by atoms with van der Waals surface area (Å²) in [6.07, 6.45) is 0.542. The van der Waals surface area contributed by atoms with Crippen LogP contribution in [0.1, 0.15) is 20.3 Å². The molecule has 1 rings (SSSR count). The minimum Gasteiger partial charge on any atom is -0.481 e. The number of carboxylic acid groups (broad SMARTS) is 1. The van der Waals surface area contributed by atoms with Gasteiger partial charge in [-0.1, -0.05) is 6.92 Å². The van der Waals surface area contributed by atoms with E-state index in [9.17, 15) is 9.59 Å². The fourth-order valence-electron chi connectivity index (χ4n) is 2.03. The van der Waals surface area contributed by atoms with Gasteiger partial charge in [-0.25, -0.2) is 0 Å². The van der Waals surface area contributed by atoms with E-state index in [2.05, 4.69) is 0 Å². The first kappa shape index (κ1) is 13.9. The Morgan fingerprint density at radius 2 is 2.12 bits per heavy atom. The zero-order chi connectivity index (χ0) is 13.0. The summed E-state index contributed by atoms with van der Waals surface area (Å²) in [5.74, 6) is -1.77. The van der Waals surface area contributed by atoms with E-state index >= 15 is 0 Å². The van der Waals surface area contributed by atoms with Gasteiger partial charge in [-0.05, 0) is 13.3 Å². The van der Waals surface area contributed by atoms with Crippen LogP contribution in [0.25, 0.3) is 0 Å². The molecule has 2 unspecified atom stereocenters. The van der Waals surface area contributed by atoms with Crippen LogP contribution >= 0.6 is 0 Å². The van der Waals surface area contributed by atoms with E-state index in [4.69, 9.17) is 15.6 Å². The first-order chi connectivity index (χ1) is 8.02. The van der Waals surface area contributed by atoms with E-state index < -0.39 is 24.0 Å². The monoisotopic (exact) mass is 244 g/mol. The lowest BCUT2D eigenvalue weighted by Crippen LogP contribution is -2.52. The van der Waals surface area contributed by atoms with Crippen LogP contribution < -0.4 is 5.73 Å². The summed E-state index contributed by atoms with van der Waals surface area (Å²) in [5, 5.41) is 9.06. The molecule has 6 heteroatoms. The summed E-state index contributed by atoms with van der Waals surface area (Å²) in [7, 11) is 0. The number of carboxylic acids is 1. The van der Waals surface area contributed by atoms with Gasteiger partial charge in [0, 0.05) is 6.54 Å². The second-order valence-electron chi connectivity index (χ2n) is 4.19. The fraction of sp³-hybridized carbons (Fsp3) is 0.818. The van der Waals surface area contributed by atoms with Crippen LogP contribution in [-0.2, 0) is 14.3 Å². The zero-order valence-corrected chi connectivity index (χ0v) is 10.3. The Bertz CT molecular complexity index is 295. The lowest BCUT2D eigenvalue weighted by atomic mass is 10.0. The second-order valence-corrected chi connectivity index (χ2v) is 4.19. The van der Waals surface area contributed by atoms with E-state index in [-0.39, 0.29) is 19.1 Å². The van der Waals surface area contributed by atoms with Crippen molar-refractivity contribution in [1.82, 2.24) is 4.90 Å². The Morgan fingerprint density at radius 3 is 2.59 bits per heavy atom. The van der Waals surface area contributed by atoms with E-state index in [1.165, 1.54) is 4.90 Å². The number of hydrogen-bond acceptors (Lipinski definition) is 4. The molecule has 1 aliphatic heterocycles. The predicted octanol–water partition coefficient (Wildman–Crippen LogP) is -0.328. The Morgan fingerprint density at radius 1 is 1.47 bits per heavy atom. The van der Waals surface area contributed by atoms with Crippen LogP contribution in [0.4, 0.5) is 0 Å². The summed E-state index contributed by atoms with van der Waals surface area (Å²) in [6, 6.07) is -0.965. The van der Waals surface area contributed by atoms with Crippen LogP contribution in [0.15, 0.2) is 0 Å². The Labute approximate surface area is 101 Å². The van der Waals surface area contributed by atoms with Crippen LogP contribution in [0.2, 0.25) is 0 Å². The predicted molar refractivity (Wildman–Crippen MR) is 61.4 cm³/mol. The van der Waals surface area contributed by atoms with Crippen molar-refractivity contribution in [2.75, 3.05) is 19.8 Å². The number of nitrogens with zero attached hydrogens (tertiary/aromatic N) is 1. The van der Waals surface area contributed by atoms with Gasteiger partial charge in [-0.3, -0.25) is 9.59 Å². The minimum atomic E-state index is -0.927. The molecule has 0 aromatic rings. The molecule has 0 aromatic carbocycles. The maximum atomic E-state index is 12.0. The first-order valence-electron chi connectivity index (χ1n) is 5.89. The average Bonchev–Trinajstić information content (AvgIpc) is 2.78. The lowest BCUT2D eigenvalue weighted by Gasteiger charge is -2.31. The molecule has 3 atom stereocenters. The number of rotatable bonds is 5. The highest BCUT2D eigenvalue weighted by atomic mass is 16.5. The highest BCUT2D eigenvalue weighted by Crippen LogP contribution is 2.20.